The summed E-state index contributed by atoms with van der Waals surface area (Å²) in [6, 6.07) is 13.0. The molecule has 2 aromatic carbocycles. The van der Waals surface area contributed by atoms with E-state index < -0.39 is 0 Å². The van der Waals surface area contributed by atoms with Gasteiger partial charge in [0.25, 0.3) is 0 Å². The third kappa shape index (κ3) is 1.76. The first-order valence-corrected chi connectivity index (χ1v) is 5.74. The maximum Gasteiger partial charge on any atom is -0.0149 e. The van der Waals surface area contributed by atoms with Gasteiger partial charge in [0.2, 0.25) is 0 Å². The largest absolute Gasteiger partial charge is 0.0729 e. The van der Waals surface area contributed by atoms with Gasteiger partial charge in [-0.3, -0.25) is 0 Å². The van der Waals surface area contributed by atoms with E-state index in [1.54, 1.807) is 0 Å². The van der Waals surface area contributed by atoms with Crippen LogP contribution in [-0.4, -0.2) is 0 Å². The molecule has 0 aliphatic heterocycles. The smallest absolute Gasteiger partial charge is 0.0149 e. The van der Waals surface area contributed by atoms with Crippen molar-refractivity contribution in [3.63, 3.8) is 0 Å². The van der Waals surface area contributed by atoms with Crippen molar-refractivity contribution in [2.45, 2.75) is 27.7 Å². The standard InChI is InChI=1S/C16H18/c1-11(2)12(3)15-10-9-14-7-5-6-8-16(14)13(15)4/h5-10H,1-4H3. The van der Waals surface area contributed by atoms with Gasteiger partial charge >= 0.3 is 0 Å². The minimum atomic E-state index is 1.32. The van der Waals surface area contributed by atoms with Crippen LogP contribution in [0.1, 0.15) is 31.9 Å². The minimum Gasteiger partial charge on any atom is -0.0729 e. The summed E-state index contributed by atoms with van der Waals surface area (Å²) >= 11 is 0. The van der Waals surface area contributed by atoms with Gasteiger partial charge in [0.05, 0.1) is 0 Å². The molecule has 0 radical (unpaired) electrons. The molecule has 0 N–H and O–H groups in total. The second kappa shape index (κ2) is 4.13. The summed E-state index contributed by atoms with van der Waals surface area (Å²) in [5, 5.41) is 2.69. The molecule has 0 aliphatic rings. The van der Waals surface area contributed by atoms with Crippen molar-refractivity contribution in [3.8, 4) is 0 Å². The molecule has 0 amide bonds. The Bertz CT molecular complexity index is 555. The second-order valence-corrected chi connectivity index (χ2v) is 4.58. The predicted octanol–water partition coefficient (Wildman–Crippen LogP) is 4.96. The van der Waals surface area contributed by atoms with E-state index in [0.717, 1.165) is 0 Å². The summed E-state index contributed by atoms with van der Waals surface area (Å²) in [5.41, 5.74) is 5.54. The lowest BCUT2D eigenvalue weighted by Gasteiger charge is -2.11. The van der Waals surface area contributed by atoms with Crippen LogP contribution in [0.3, 0.4) is 0 Å². The molecule has 16 heavy (non-hydrogen) atoms. The van der Waals surface area contributed by atoms with Crippen molar-refractivity contribution in [1.82, 2.24) is 0 Å². The lowest BCUT2D eigenvalue weighted by molar-refractivity contribution is 1.34. The van der Waals surface area contributed by atoms with Crippen molar-refractivity contribution in [3.05, 3.63) is 53.1 Å². The van der Waals surface area contributed by atoms with Gasteiger partial charge < -0.3 is 0 Å². The van der Waals surface area contributed by atoms with E-state index in [-0.39, 0.29) is 0 Å². The highest BCUT2D eigenvalue weighted by molar-refractivity contribution is 5.90. The van der Waals surface area contributed by atoms with Gasteiger partial charge in [-0.05, 0) is 55.2 Å². The Balaban J connectivity index is 2.75. The van der Waals surface area contributed by atoms with Crippen LogP contribution in [0.4, 0.5) is 0 Å². The minimum absolute atomic E-state index is 1.32. The maximum atomic E-state index is 2.24. The van der Waals surface area contributed by atoms with Crippen LogP contribution in [0.15, 0.2) is 42.0 Å². The number of fused-ring (bicyclic) bond motifs is 1. The Morgan fingerprint density at radius 3 is 2.25 bits per heavy atom. The fraction of sp³-hybridized carbons (Fsp3) is 0.250. The van der Waals surface area contributed by atoms with Crippen molar-refractivity contribution >= 4 is 16.3 Å². The lowest BCUT2D eigenvalue weighted by Crippen LogP contribution is -1.89. The van der Waals surface area contributed by atoms with E-state index in [1.165, 1.54) is 33.0 Å². The van der Waals surface area contributed by atoms with E-state index in [9.17, 15) is 0 Å². The summed E-state index contributed by atoms with van der Waals surface area (Å²) in [5.74, 6) is 0. The van der Waals surface area contributed by atoms with Gasteiger partial charge in [0.1, 0.15) is 0 Å². The highest BCUT2D eigenvalue weighted by atomic mass is 14.1. The van der Waals surface area contributed by atoms with Crippen LogP contribution >= 0.6 is 0 Å². The van der Waals surface area contributed by atoms with Crippen molar-refractivity contribution < 1.29 is 0 Å². The van der Waals surface area contributed by atoms with Gasteiger partial charge in [-0.2, -0.15) is 0 Å². The van der Waals surface area contributed by atoms with E-state index in [2.05, 4.69) is 64.1 Å². The quantitative estimate of drug-likeness (QED) is 0.624. The maximum absolute atomic E-state index is 2.24. The molecular weight excluding hydrogens is 192 g/mol. The molecule has 0 spiro atoms. The number of aryl methyl sites for hydroxylation is 1. The molecule has 0 saturated carbocycles. The SMILES string of the molecule is CC(C)=C(C)c1ccc2ccccc2c1C. The zero-order valence-corrected chi connectivity index (χ0v) is 10.5. The fourth-order valence-electron chi connectivity index (χ4n) is 2.10. The molecule has 82 valence electrons. The average molecular weight is 210 g/mol. The Kier molecular flexibility index (Phi) is 2.82. The van der Waals surface area contributed by atoms with Crippen LogP contribution in [0, 0.1) is 6.92 Å². The number of allylic oxidation sites excluding steroid dienone is 2. The van der Waals surface area contributed by atoms with Gasteiger partial charge in [-0.15, -0.1) is 0 Å². The van der Waals surface area contributed by atoms with Gasteiger partial charge in [-0.25, -0.2) is 0 Å². The highest BCUT2D eigenvalue weighted by Gasteiger charge is 2.05. The summed E-state index contributed by atoms with van der Waals surface area (Å²) in [4.78, 5) is 0. The summed E-state index contributed by atoms with van der Waals surface area (Å²) < 4.78 is 0. The zero-order valence-electron chi connectivity index (χ0n) is 10.5. The number of hydrogen-bond acceptors (Lipinski definition) is 0. The second-order valence-electron chi connectivity index (χ2n) is 4.58. The molecule has 0 nitrogen and oxygen atoms in total. The third-order valence-electron chi connectivity index (χ3n) is 3.35. The Labute approximate surface area is 97.6 Å². The molecule has 0 aromatic heterocycles. The van der Waals surface area contributed by atoms with Crippen molar-refractivity contribution in [1.29, 1.82) is 0 Å². The normalized spacial score (nSPS) is 10.5. The van der Waals surface area contributed by atoms with Crippen LogP contribution in [0.2, 0.25) is 0 Å². The summed E-state index contributed by atoms with van der Waals surface area (Å²) in [7, 11) is 0. The van der Waals surface area contributed by atoms with Crippen LogP contribution < -0.4 is 0 Å². The number of rotatable bonds is 1. The van der Waals surface area contributed by atoms with Gasteiger partial charge in [-0.1, -0.05) is 42.0 Å². The zero-order chi connectivity index (χ0) is 11.7. The summed E-state index contributed by atoms with van der Waals surface area (Å²) in [6.45, 7) is 8.75. The van der Waals surface area contributed by atoms with E-state index >= 15 is 0 Å². The van der Waals surface area contributed by atoms with Crippen LogP contribution in [-0.2, 0) is 0 Å². The predicted molar refractivity (Wildman–Crippen MR) is 72.6 cm³/mol. The topological polar surface area (TPSA) is 0 Å². The molecule has 0 saturated heterocycles. The molecule has 2 rings (SSSR count). The first-order chi connectivity index (χ1) is 7.61. The fourth-order valence-corrected chi connectivity index (χ4v) is 2.10. The molecular formula is C16H18. The molecule has 2 aromatic rings. The monoisotopic (exact) mass is 210 g/mol. The average Bonchev–Trinajstić information content (AvgIpc) is 2.29. The molecule has 0 unspecified atom stereocenters. The molecule has 0 bridgehead atoms. The lowest BCUT2D eigenvalue weighted by atomic mass is 9.94. The first kappa shape index (κ1) is 10.9. The Morgan fingerprint density at radius 2 is 1.56 bits per heavy atom. The van der Waals surface area contributed by atoms with E-state index in [0.29, 0.717) is 0 Å². The highest BCUT2D eigenvalue weighted by Crippen LogP contribution is 2.27. The molecule has 0 fully saturated rings. The van der Waals surface area contributed by atoms with Crippen molar-refractivity contribution in [2.24, 2.45) is 0 Å². The number of hydrogen-bond donors (Lipinski definition) is 0. The van der Waals surface area contributed by atoms with E-state index in [4.69, 9.17) is 0 Å². The third-order valence-corrected chi connectivity index (χ3v) is 3.35. The first-order valence-electron chi connectivity index (χ1n) is 5.74. The summed E-state index contributed by atoms with van der Waals surface area (Å²) in [6.07, 6.45) is 0. The molecule has 0 aliphatic carbocycles. The molecule has 0 heteroatoms. The van der Waals surface area contributed by atoms with Crippen molar-refractivity contribution in [2.75, 3.05) is 0 Å². The molecule has 0 heterocycles. The Hall–Kier alpha value is -1.56. The van der Waals surface area contributed by atoms with E-state index in [1.807, 2.05) is 0 Å². The number of benzene rings is 2. The van der Waals surface area contributed by atoms with Crippen LogP contribution in [0.25, 0.3) is 16.3 Å². The van der Waals surface area contributed by atoms with Crippen LogP contribution in [0.5, 0.6) is 0 Å². The van der Waals surface area contributed by atoms with Gasteiger partial charge in [0, 0.05) is 0 Å². The van der Waals surface area contributed by atoms with Gasteiger partial charge in [0.15, 0.2) is 0 Å². The molecule has 0 atom stereocenters. The Morgan fingerprint density at radius 1 is 0.875 bits per heavy atom.